The number of pyridine rings is 1. The fourth-order valence-electron chi connectivity index (χ4n) is 4.48. The Morgan fingerprint density at radius 3 is 2.61 bits per heavy atom. The Hall–Kier alpha value is -2.25. The zero-order chi connectivity index (χ0) is 19.7. The van der Waals surface area contributed by atoms with Crippen molar-refractivity contribution in [2.24, 2.45) is 0 Å². The number of likely N-dealkylation sites (tertiary alicyclic amines) is 2. The molecular weight excluding hydrogens is 354 g/mol. The number of likely N-dealkylation sites (N-methyl/N-ethyl adjacent to an activating group) is 1. The average Bonchev–Trinajstić information content (AvgIpc) is 3.06. The Kier molecular flexibility index (Phi) is 5.46. The quantitative estimate of drug-likeness (QED) is 0.735. The largest absolute Gasteiger partial charge is 0.465 e. The minimum atomic E-state index is -0.323. The molecule has 0 radical (unpaired) electrons. The highest BCUT2D eigenvalue weighted by Crippen LogP contribution is 2.28. The molecule has 0 amide bonds. The first kappa shape index (κ1) is 19.1. The van der Waals surface area contributed by atoms with Crippen molar-refractivity contribution in [2.75, 3.05) is 40.3 Å². The second kappa shape index (κ2) is 8.01. The highest BCUT2D eigenvalue weighted by Gasteiger charge is 2.32. The topological polar surface area (TPSA) is 63.5 Å². The van der Waals surface area contributed by atoms with Gasteiger partial charge in [0.25, 0.3) is 0 Å². The third-order valence-electron chi connectivity index (χ3n) is 6.24. The van der Waals surface area contributed by atoms with E-state index < -0.39 is 0 Å². The van der Waals surface area contributed by atoms with Gasteiger partial charge in [0.1, 0.15) is 0 Å². The lowest BCUT2D eigenvalue weighted by Crippen LogP contribution is -2.59. The van der Waals surface area contributed by atoms with Crippen LogP contribution < -0.4 is 0 Å². The van der Waals surface area contributed by atoms with Crippen LogP contribution in [-0.4, -0.2) is 76.9 Å². The van der Waals surface area contributed by atoms with Gasteiger partial charge in [0.2, 0.25) is 0 Å². The van der Waals surface area contributed by atoms with E-state index in [1.165, 1.54) is 25.9 Å². The van der Waals surface area contributed by atoms with E-state index in [9.17, 15) is 4.79 Å². The van der Waals surface area contributed by atoms with Crippen molar-refractivity contribution in [1.29, 1.82) is 0 Å². The van der Waals surface area contributed by atoms with Gasteiger partial charge in [-0.2, -0.15) is 5.10 Å². The van der Waals surface area contributed by atoms with Gasteiger partial charge in [0.15, 0.2) is 0 Å². The van der Waals surface area contributed by atoms with Crippen LogP contribution >= 0.6 is 0 Å². The number of hydrogen-bond acceptors (Lipinski definition) is 6. The number of methoxy groups -OCH3 is 1. The Bertz CT molecular complexity index is 835. The third kappa shape index (κ3) is 3.69. The number of carbonyl (C=O) groups excluding carboxylic acids is 1. The van der Waals surface area contributed by atoms with Crippen LogP contribution in [0.1, 0.15) is 46.1 Å². The summed E-state index contributed by atoms with van der Waals surface area (Å²) in [4.78, 5) is 21.2. The van der Waals surface area contributed by atoms with E-state index >= 15 is 0 Å². The lowest BCUT2D eigenvalue weighted by Gasteiger charge is -2.46. The summed E-state index contributed by atoms with van der Waals surface area (Å²) < 4.78 is 7.09. The smallest absolute Gasteiger partial charge is 0.338 e. The average molecular weight is 383 g/mol. The number of ether oxygens (including phenoxy) is 1. The van der Waals surface area contributed by atoms with E-state index in [0.29, 0.717) is 18.0 Å². The van der Waals surface area contributed by atoms with Crippen LogP contribution in [0.25, 0.3) is 0 Å². The lowest BCUT2D eigenvalue weighted by molar-refractivity contribution is 0.0294. The molecule has 2 aromatic rings. The van der Waals surface area contributed by atoms with Crippen molar-refractivity contribution in [3.05, 3.63) is 47.0 Å². The predicted octanol–water partition coefficient (Wildman–Crippen LogP) is 1.91. The normalized spacial score (nSPS) is 19.5. The van der Waals surface area contributed by atoms with Gasteiger partial charge in [-0.3, -0.25) is 14.6 Å². The third-order valence-corrected chi connectivity index (χ3v) is 6.24. The van der Waals surface area contributed by atoms with Gasteiger partial charge >= 0.3 is 5.97 Å². The molecule has 28 heavy (non-hydrogen) atoms. The number of esters is 1. The lowest BCUT2D eigenvalue weighted by atomic mass is 9.99. The highest BCUT2D eigenvalue weighted by molar-refractivity contribution is 5.90. The Balaban J connectivity index is 1.43. The fourth-order valence-corrected chi connectivity index (χ4v) is 4.48. The molecule has 2 fully saturated rings. The van der Waals surface area contributed by atoms with Crippen LogP contribution in [0.15, 0.2) is 24.7 Å². The van der Waals surface area contributed by atoms with E-state index in [0.717, 1.165) is 43.1 Å². The first-order chi connectivity index (χ1) is 13.6. The minimum Gasteiger partial charge on any atom is -0.465 e. The van der Waals surface area contributed by atoms with Gasteiger partial charge in [0.05, 0.1) is 24.9 Å². The van der Waals surface area contributed by atoms with E-state index in [1.807, 2.05) is 6.20 Å². The van der Waals surface area contributed by atoms with Crippen LogP contribution in [0.5, 0.6) is 0 Å². The van der Waals surface area contributed by atoms with Crippen molar-refractivity contribution in [3.63, 3.8) is 0 Å². The second-order valence-corrected chi connectivity index (χ2v) is 8.04. The second-order valence-electron chi connectivity index (χ2n) is 8.04. The molecule has 0 bridgehead atoms. The van der Waals surface area contributed by atoms with Crippen LogP contribution in [0.4, 0.5) is 0 Å². The summed E-state index contributed by atoms with van der Waals surface area (Å²) in [6.45, 7) is 6.82. The van der Waals surface area contributed by atoms with Crippen LogP contribution in [0.3, 0.4) is 0 Å². The van der Waals surface area contributed by atoms with E-state index in [2.05, 4.69) is 33.4 Å². The number of aromatic nitrogens is 3. The molecule has 0 aliphatic carbocycles. The molecule has 0 aromatic carbocycles. The molecule has 7 heteroatoms. The van der Waals surface area contributed by atoms with E-state index in [4.69, 9.17) is 9.84 Å². The van der Waals surface area contributed by atoms with Gasteiger partial charge < -0.3 is 9.64 Å². The maximum absolute atomic E-state index is 12.0. The van der Waals surface area contributed by atoms with Crippen molar-refractivity contribution >= 4 is 5.97 Å². The number of rotatable bonds is 5. The number of piperidine rings is 1. The van der Waals surface area contributed by atoms with Gasteiger partial charge in [-0.25, -0.2) is 4.79 Å². The Labute approximate surface area is 166 Å². The zero-order valence-electron chi connectivity index (χ0n) is 17.0. The van der Waals surface area contributed by atoms with E-state index in [-0.39, 0.29) is 5.97 Å². The molecular formula is C21H29N5O2. The van der Waals surface area contributed by atoms with E-state index in [1.54, 1.807) is 18.5 Å². The van der Waals surface area contributed by atoms with Gasteiger partial charge in [-0.15, -0.1) is 0 Å². The van der Waals surface area contributed by atoms with Crippen molar-refractivity contribution in [3.8, 4) is 0 Å². The molecule has 2 saturated heterocycles. The molecule has 0 spiro atoms. The molecule has 150 valence electrons. The first-order valence-electron chi connectivity index (χ1n) is 10.0. The molecule has 7 nitrogen and oxygen atoms in total. The Morgan fingerprint density at radius 1 is 1.18 bits per heavy atom. The molecule has 0 unspecified atom stereocenters. The van der Waals surface area contributed by atoms with Crippen LogP contribution in [0, 0.1) is 6.92 Å². The molecule has 4 heterocycles. The maximum atomic E-state index is 12.0. The summed E-state index contributed by atoms with van der Waals surface area (Å²) in [5.74, 6) is -0.323. The van der Waals surface area contributed by atoms with Crippen molar-refractivity contribution in [1.82, 2.24) is 24.6 Å². The summed E-state index contributed by atoms with van der Waals surface area (Å²) >= 11 is 0. The van der Waals surface area contributed by atoms with Crippen molar-refractivity contribution in [2.45, 2.75) is 38.3 Å². The summed E-state index contributed by atoms with van der Waals surface area (Å²) in [5, 5.41) is 4.70. The number of carbonyl (C=O) groups is 1. The monoisotopic (exact) mass is 383 g/mol. The van der Waals surface area contributed by atoms with Crippen LogP contribution in [0.2, 0.25) is 0 Å². The summed E-state index contributed by atoms with van der Waals surface area (Å²) in [7, 11) is 3.59. The number of hydrogen-bond donors (Lipinski definition) is 0. The molecule has 2 aromatic heterocycles. The molecule has 4 rings (SSSR count). The molecule has 2 aliphatic heterocycles. The molecule has 0 saturated carbocycles. The first-order valence-corrected chi connectivity index (χ1v) is 10.0. The van der Waals surface area contributed by atoms with Gasteiger partial charge in [0, 0.05) is 56.7 Å². The highest BCUT2D eigenvalue weighted by atomic mass is 16.5. The standard InChI is InChI=1S/C21H29N5O2/c1-15-16(10-17-11-22-7-4-20(17)21(27)28-3)12-23-26(15)18-5-8-25(9-6-18)19-13-24(2)14-19/h4,7,11-12,18-19H,5-6,8-10,13-14H2,1-3H3. The molecule has 0 atom stereocenters. The summed E-state index contributed by atoms with van der Waals surface area (Å²) in [5.41, 5.74) is 3.77. The number of nitrogens with zero attached hydrogens (tertiary/aromatic N) is 5. The fraction of sp³-hybridized carbons (Fsp3) is 0.571. The SMILES string of the molecule is COC(=O)c1ccncc1Cc1cnn(C2CCN(C3CN(C)C3)CC2)c1C. The van der Waals surface area contributed by atoms with Gasteiger partial charge in [-0.05, 0) is 44.0 Å². The summed E-state index contributed by atoms with van der Waals surface area (Å²) in [6.07, 6.45) is 8.23. The predicted molar refractivity (Wildman–Crippen MR) is 106 cm³/mol. The zero-order valence-corrected chi connectivity index (χ0v) is 17.0. The Morgan fingerprint density at radius 2 is 1.93 bits per heavy atom. The van der Waals surface area contributed by atoms with Crippen molar-refractivity contribution < 1.29 is 9.53 Å². The van der Waals surface area contributed by atoms with Gasteiger partial charge in [-0.1, -0.05) is 0 Å². The minimum absolute atomic E-state index is 0.323. The molecule has 2 aliphatic rings. The van der Waals surface area contributed by atoms with Crippen LogP contribution in [-0.2, 0) is 11.2 Å². The molecule has 0 N–H and O–H groups in total. The summed E-state index contributed by atoms with van der Waals surface area (Å²) in [6, 6.07) is 2.91. The maximum Gasteiger partial charge on any atom is 0.338 e.